The first kappa shape index (κ1) is 15.4. The zero-order valence-corrected chi connectivity index (χ0v) is 14.1. The molecule has 1 aliphatic carbocycles. The highest BCUT2D eigenvalue weighted by molar-refractivity contribution is 6.31. The molecule has 0 saturated heterocycles. The van der Waals surface area contributed by atoms with Gasteiger partial charge in [0.1, 0.15) is 11.9 Å². The molecule has 0 spiro atoms. The van der Waals surface area contributed by atoms with Gasteiger partial charge in [0, 0.05) is 30.2 Å². The van der Waals surface area contributed by atoms with Gasteiger partial charge in [-0.25, -0.2) is 0 Å². The Balaban J connectivity index is 1.53. The normalized spacial score (nSPS) is 15.6. The van der Waals surface area contributed by atoms with Gasteiger partial charge < -0.3 is 10.1 Å². The summed E-state index contributed by atoms with van der Waals surface area (Å²) in [6.07, 6.45) is 2.18. The fourth-order valence-electron chi connectivity index (χ4n) is 2.75. The Kier molecular flexibility index (Phi) is 4.08. The molecule has 0 unspecified atom stereocenters. The average Bonchev–Trinajstić information content (AvgIpc) is 3.36. The van der Waals surface area contributed by atoms with Crippen LogP contribution in [0, 0.1) is 0 Å². The number of halogens is 1. The molecule has 24 heavy (non-hydrogen) atoms. The first-order chi connectivity index (χ1) is 11.8. The van der Waals surface area contributed by atoms with Crippen molar-refractivity contribution in [3.05, 3.63) is 52.8 Å². The Hall–Kier alpha value is -2.18. The standard InChI is InChI=1S/C17H18ClN5O/c1-24-14(12-4-2-3-5-13(12)18)10-19-15-8-9-16-20-21-17(11-6-7-11)23(16)22-15/h2-5,8-9,11,14H,6-7,10H2,1H3,(H,19,22)/t14-/m0/s1. The Bertz CT molecular complexity index is 861. The lowest BCUT2D eigenvalue weighted by molar-refractivity contribution is 0.114. The summed E-state index contributed by atoms with van der Waals surface area (Å²) in [5.41, 5.74) is 1.73. The van der Waals surface area contributed by atoms with E-state index < -0.39 is 0 Å². The highest BCUT2D eigenvalue weighted by atomic mass is 35.5. The molecule has 0 bridgehead atoms. The number of ether oxygens (including phenoxy) is 1. The molecular formula is C17H18ClN5O. The molecule has 0 amide bonds. The average molecular weight is 344 g/mol. The van der Waals surface area contributed by atoms with Crippen molar-refractivity contribution in [2.45, 2.75) is 24.9 Å². The van der Waals surface area contributed by atoms with Gasteiger partial charge in [-0.2, -0.15) is 4.52 Å². The van der Waals surface area contributed by atoms with Gasteiger partial charge in [-0.3, -0.25) is 0 Å². The van der Waals surface area contributed by atoms with E-state index in [1.54, 1.807) is 7.11 Å². The van der Waals surface area contributed by atoms with Crippen LogP contribution in [0.2, 0.25) is 5.02 Å². The highest BCUT2D eigenvalue weighted by Gasteiger charge is 2.29. The van der Waals surface area contributed by atoms with Gasteiger partial charge in [-0.1, -0.05) is 29.8 Å². The van der Waals surface area contributed by atoms with E-state index in [-0.39, 0.29) is 6.10 Å². The van der Waals surface area contributed by atoms with E-state index in [1.165, 1.54) is 12.8 Å². The number of benzene rings is 1. The summed E-state index contributed by atoms with van der Waals surface area (Å²) < 4.78 is 7.41. The molecular weight excluding hydrogens is 326 g/mol. The Morgan fingerprint density at radius 3 is 2.83 bits per heavy atom. The van der Waals surface area contributed by atoms with Crippen LogP contribution in [0.15, 0.2) is 36.4 Å². The van der Waals surface area contributed by atoms with Crippen LogP contribution in [0.4, 0.5) is 5.82 Å². The van der Waals surface area contributed by atoms with Crippen molar-refractivity contribution in [3.8, 4) is 0 Å². The lowest BCUT2D eigenvalue weighted by Gasteiger charge is -2.18. The second-order valence-electron chi connectivity index (χ2n) is 5.95. The van der Waals surface area contributed by atoms with Crippen molar-refractivity contribution in [1.82, 2.24) is 19.8 Å². The first-order valence-electron chi connectivity index (χ1n) is 7.99. The maximum atomic E-state index is 6.26. The molecule has 2 aromatic heterocycles. The van der Waals surface area contributed by atoms with Crippen LogP contribution in [-0.4, -0.2) is 33.5 Å². The van der Waals surface area contributed by atoms with Crippen LogP contribution in [-0.2, 0) is 4.74 Å². The van der Waals surface area contributed by atoms with E-state index in [0.29, 0.717) is 17.5 Å². The first-order valence-corrected chi connectivity index (χ1v) is 8.37. The number of hydrogen-bond donors (Lipinski definition) is 1. The van der Waals surface area contributed by atoms with Crippen LogP contribution in [0.5, 0.6) is 0 Å². The summed E-state index contributed by atoms with van der Waals surface area (Å²) in [4.78, 5) is 0. The predicted octanol–water partition coefficient (Wildman–Crippen LogP) is 3.45. The molecule has 4 rings (SSSR count). The third-order valence-electron chi connectivity index (χ3n) is 4.23. The minimum atomic E-state index is -0.153. The smallest absolute Gasteiger partial charge is 0.178 e. The molecule has 0 aliphatic heterocycles. The zero-order valence-electron chi connectivity index (χ0n) is 13.3. The Morgan fingerprint density at radius 2 is 2.08 bits per heavy atom. The molecule has 2 heterocycles. The molecule has 1 fully saturated rings. The second kappa shape index (κ2) is 6.37. The van der Waals surface area contributed by atoms with Crippen LogP contribution in [0.3, 0.4) is 0 Å². The number of methoxy groups -OCH3 is 1. The number of nitrogens with one attached hydrogen (secondary N) is 1. The minimum Gasteiger partial charge on any atom is -0.375 e. The summed E-state index contributed by atoms with van der Waals surface area (Å²) in [5, 5.41) is 17.0. The molecule has 1 saturated carbocycles. The summed E-state index contributed by atoms with van der Waals surface area (Å²) in [7, 11) is 1.68. The third-order valence-corrected chi connectivity index (χ3v) is 4.58. The van der Waals surface area contributed by atoms with Crippen molar-refractivity contribution in [3.63, 3.8) is 0 Å². The lowest BCUT2D eigenvalue weighted by Crippen LogP contribution is -2.16. The largest absolute Gasteiger partial charge is 0.375 e. The third kappa shape index (κ3) is 2.95. The highest BCUT2D eigenvalue weighted by Crippen LogP contribution is 2.38. The van der Waals surface area contributed by atoms with Crippen molar-refractivity contribution < 1.29 is 4.74 Å². The van der Waals surface area contributed by atoms with Gasteiger partial charge in [-0.05, 0) is 31.0 Å². The van der Waals surface area contributed by atoms with Crippen LogP contribution in [0.25, 0.3) is 5.65 Å². The second-order valence-corrected chi connectivity index (χ2v) is 6.36. The van der Waals surface area contributed by atoms with Gasteiger partial charge in [0.15, 0.2) is 11.5 Å². The van der Waals surface area contributed by atoms with Crippen molar-refractivity contribution in [2.24, 2.45) is 0 Å². The molecule has 1 N–H and O–H groups in total. The van der Waals surface area contributed by atoms with Crippen molar-refractivity contribution in [1.29, 1.82) is 0 Å². The molecule has 7 heteroatoms. The van der Waals surface area contributed by atoms with Crippen LogP contribution >= 0.6 is 11.6 Å². The van der Waals surface area contributed by atoms with Crippen molar-refractivity contribution in [2.75, 3.05) is 19.0 Å². The molecule has 1 aromatic carbocycles. The van der Waals surface area contributed by atoms with E-state index in [9.17, 15) is 0 Å². The van der Waals surface area contributed by atoms with Crippen LogP contribution < -0.4 is 5.32 Å². The van der Waals surface area contributed by atoms with E-state index in [2.05, 4.69) is 20.6 Å². The fourth-order valence-corrected chi connectivity index (χ4v) is 3.01. The molecule has 1 aliphatic rings. The molecule has 3 aromatic rings. The summed E-state index contributed by atoms with van der Waals surface area (Å²) in [5.74, 6) is 2.21. The lowest BCUT2D eigenvalue weighted by atomic mass is 10.1. The van der Waals surface area contributed by atoms with Crippen molar-refractivity contribution >= 4 is 23.1 Å². The molecule has 6 nitrogen and oxygen atoms in total. The quantitative estimate of drug-likeness (QED) is 0.742. The Morgan fingerprint density at radius 1 is 1.25 bits per heavy atom. The van der Waals surface area contributed by atoms with E-state index in [1.807, 2.05) is 40.9 Å². The van der Waals surface area contributed by atoms with E-state index in [0.717, 1.165) is 22.9 Å². The maximum Gasteiger partial charge on any atom is 0.178 e. The number of nitrogens with zero attached hydrogens (tertiary/aromatic N) is 4. The summed E-state index contributed by atoms with van der Waals surface area (Å²) in [6.45, 7) is 0.569. The summed E-state index contributed by atoms with van der Waals surface area (Å²) in [6, 6.07) is 11.5. The fraction of sp³-hybridized carbons (Fsp3) is 0.353. The zero-order chi connectivity index (χ0) is 16.5. The Labute approximate surface area is 144 Å². The maximum absolute atomic E-state index is 6.26. The monoisotopic (exact) mass is 343 g/mol. The predicted molar refractivity (Wildman–Crippen MR) is 92.4 cm³/mol. The van der Waals surface area contributed by atoms with Gasteiger partial charge in [-0.15, -0.1) is 15.3 Å². The van der Waals surface area contributed by atoms with E-state index in [4.69, 9.17) is 16.3 Å². The van der Waals surface area contributed by atoms with Gasteiger partial charge >= 0.3 is 0 Å². The minimum absolute atomic E-state index is 0.153. The van der Waals surface area contributed by atoms with Gasteiger partial charge in [0.2, 0.25) is 0 Å². The SMILES string of the molecule is CO[C@@H](CNc1ccc2nnc(C3CC3)n2n1)c1ccccc1Cl. The van der Waals surface area contributed by atoms with E-state index >= 15 is 0 Å². The molecule has 0 radical (unpaired) electrons. The number of anilines is 1. The number of aromatic nitrogens is 4. The topological polar surface area (TPSA) is 64.3 Å². The molecule has 1 atom stereocenters. The van der Waals surface area contributed by atoms with Gasteiger partial charge in [0.05, 0.1) is 0 Å². The number of fused-ring (bicyclic) bond motifs is 1. The molecule has 124 valence electrons. The van der Waals surface area contributed by atoms with Crippen LogP contribution in [0.1, 0.15) is 36.3 Å². The number of hydrogen-bond acceptors (Lipinski definition) is 5. The number of rotatable bonds is 6. The summed E-state index contributed by atoms with van der Waals surface area (Å²) >= 11 is 6.26. The van der Waals surface area contributed by atoms with Gasteiger partial charge in [0.25, 0.3) is 0 Å².